The van der Waals surface area contributed by atoms with Crippen molar-refractivity contribution in [1.29, 1.82) is 0 Å². The van der Waals surface area contributed by atoms with Crippen LogP contribution in [-0.2, 0) is 6.54 Å². The van der Waals surface area contributed by atoms with E-state index >= 15 is 0 Å². The molecule has 3 rings (SSSR count). The Morgan fingerprint density at radius 3 is 2.44 bits per heavy atom. The van der Waals surface area contributed by atoms with Crippen LogP contribution < -0.4 is 4.74 Å². The maximum absolute atomic E-state index is 5.92. The molecule has 27 heavy (non-hydrogen) atoms. The van der Waals surface area contributed by atoms with Gasteiger partial charge in [0.2, 0.25) is 5.89 Å². The first-order valence-electron chi connectivity index (χ1n) is 9.22. The van der Waals surface area contributed by atoms with Crippen LogP contribution in [0.15, 0.2) is 28.7 Å². The van der Waals surface area contributed by atoms with Gasteiger partial charge in [-0.2, -0.15) is 0 Å². The van der Waals surface area contributed by atoms with Crippen molar-refractivity contribution in [3.05, 3.63) is 51.3 Å². The topological polar surface area (TPSA) is 51.4 Å². The third-order valence-corrected chi connectivity index (χ3v) is 5.60. The molecule has 0 aliphatic rings. The Bertz CT molecular complexity index is 899. The highest BCUT2D eigenvalue weighted by molar-refractivity contribution is 7.11. The van der Waals surface area contributed by atoms with Crippen molar-refractivity contribution in [1.82, 2.24) is 14.9 Å². The molecule has 0 fully saturated rings. The zero-order valence-electron chi connectivity index (χ0n) is 16.9. The number of rotatable bonds is 7. The van der Waals surface area contributed by atoms with Gasteiger partial charge in [-0.15, -0.1) is 11.3 Å². The average molecular weight is 386 g/mol. The Kier molecular flexibility index (Phi) is 5.97. The molecular formula is C21H27N3O2S. The number of aromatic nitrogens is 2. The second kappa shape index (κ2) is 8.23. The normalized spacial score (nSPS) is 12.6. The van der Waals surface area contributed by atoms with Crippen molar-refractivity contribution in [3.63, 3.8) is 0 Å². The zero-order chi connectivity index (χ0) is 19.6. The van der Waals surface area contributed by atoms with Crippen molar-refractivity contribution >= 4 is 11.3 Å². The summed E-state index contributed by atoms with van der Waals surface area (Å²) in [6, 6.07) is 8.07. The number of nitrogens with zero attached hydrogens (tertiary/aromatic N) is 3. The van der Waals surface area contributed by atoms with Crippen LogP contribution >= 0.6 is 11.3 Å². The predicted octanol–water partition coefficient (Wildman–Crippen LogP) is 5.32. The molecule has 0 amide bonds. The van der Waals surface area contributed by atoms with E-state index in [1.54, 1.807) is 11.3 Å². The Balaban J connectivity index is 1.75. The van der Waals surface area contributed by atoms with Crippen LogP contribution in [0.2, 0.25) is 0 Å². The molecule has 0 N–H and O–H groups in total. The largest absolute Gasteiger partial charge is 0.494 e. The van der Waals surface area contributed by atoms with E-state index in [1.165, 1.54) is 4.88 Å². The van der Waals surface area contributed by atoms with E-state index in [2.05, 4.69) is 32.7 Å². The predicted molar refractivity (Wildman–Crippen MR) is 109 cm³/mol. The molecule has 0 saturated carbocycles. The van der Waals surface area contributed by atoms with E-state index in [9.17, 15) is 0 Å². The van der Waals surface area contributed by atoms with E-state index in [1.807, 2.05) is 38.1 Å². The highest BCUT2D eigenvalue weighted by atomic mass is 32.1. The van der Waals surface area contributed by atoms with Gasteiger partial charge in [0.1, 0.15) is 11.5 Å². The summed E-state index contributed by atoms with van der Waals surface area (Å²) in [6.07, 6.45) is 0. The van der Waals surface area contributed by atoms with Gasteiger partial charge in [0, 0.05) is 17.0 Å². The molecule has 1 atom stereocenters. The third kappa shape index (κ3) is 4.39. The molecule has 0 bridgehead atoms. The second-order valence-electron chi connectivity index (χ2n) is 6.74. The lowest BCUT2D eigenvalue weighted by molar-refractivity contribution is 0.245. The molecule has 1 unspecified atom stereocenters. The van der Waals surface area contributed by atoms with E-state index in [0.717, 1.165) is 33.5 Å². The number of thiazole rings is 1. The smallest absolute Gasteiger partial charge is 0.226 e. The summed E-state index contributed by atoms with van der Waals surface area (Å²) in [5.41, 5.74) is 3.06. The maximum atomic E-state index is 5.92. The Hall–Kier alpha value is -2.18. The first-order chi connectivity index (χ1) is 12.9. The van der Waals surface area contributed by atoms with Crippen molar-refractivity contribution in [2.45, 2.75) is 47.2 Å². The van der Waals surface area contributed by atoms with E-state index in [4.69, 9.17) is 19.1 Å². The molecule has 0 spiro atoms. The molecule has 0 radical (unpaired) electrons. The Labute approximate surface area is 165 Å². The lowest BCUT2D eigenvalue weighted by Crippen LogP contribution is -2.23. The molecule has 2 aromatic heterocycles. The number of ether oxygens (including phenoxy) is 1. The van der Waals surface area contributed by atoms with Crippen LogP contribution in [0.25, 0.3) is 11.5 Å². The van der Waals surface area contributed by atoms with Gasteiger partial charge in [-0.05, 0) is 65.9 Å². The SMILES string of the molecule is CCOc1ccc(-c2nc(CN(C)C(C)c3nc(C)sc3C)c(C)o2)cc1. The fraction of sp³-hybridized carbons (Fsp3) is 0.429. The minimum absolute atomic E-state index is 0.222. The molecule has 6 heteroatoms. The van der Waals surface area contributed by atoms with Gasteiger partial charge >= 0.3 is 0 Å². The summed E-state index contributed by atoms with van der Waals surface area (Å²) in [4.78, 5) is 13.0. The Morgan fingerprint density at radius 2 is 1.85 bits per heavy atom. The lowest BCUT2D eigenvalue weighted by atomic mass is 10.2. The number of hydrogen-bond acceptors (Lipinski definition) is 6. The molecule has 1 aromatic carbocycles. The van der Waals surface area contributed by atoms with Gasteiger partial charge in [0.05, 0.1) is 29.0 Å². The highest BCUT2D eigenvalue weighted by Crippen LogP contribution is 2.29. The molecule has 0 saturated heterocycles. The number of benzene rings is 1. The second-order valence-corrected chi connectivity index (χ2v) is 8.15. The minimum atomic E-state index is 0.222. The van der Waals surface area contributed by atoms with Gasteiger partial charge in [0.15, 0.2) is 0 Å². The number of hydrogen-bond donors (Lipinski definition) is 0. The molecule has 2 heterocycles. The van der Waals surface area contributed by atoms with E-state index in [0.29, 0.717) is 19.0 Å². The van der Waals surface area contributed by atoms with Crippen LogP contribution in [0.1, 0.15) is 46.9 Å². The monoisotopic (exact) mass is 385 g/mol. The van der Waals surface area contributed by atoms with Crippen LogP contribution in [0.3, 0.4) is 0 Å². The lowest BCUT2D eigenvalue weighted by Gasteiger charge is -2.23. The zero-order valence-corrected chi connectivity index (χ0v) is 17.7. The first kappa shape index (κ1) is 19.6. The Morgan fingerprint density at radius 1 is 1.15 bits per heavy atom. The van der Waals surface area contributed by atoms with Crippen molar-refractivity contribution in [3.8, 4) is 17.2 Å². The minimum Gasteiger partial charge on any atom is -0.494 e. The van der Waals surface area contributed by atoms with Crippen LogP contribution in [0, 0.1) is 20.8 Å². The van der Waals surface area contributed by atoms with Crippen molar-refractivity contribution in [2.24, 2.45) is 0 Å². The van der Waals surface area contributed by atoms with Crippen molar-refractivity contribution < 1.29 is 9.15 Å². The fourth-order valence-electron chi connectivity index (χ4n) is 3.07. The summed E-state index contributed by atoms with van der Waals surface area (Å²) in [5, 5.41) is 1.11. The van der Waals surface area contributed by atoms with E-state index < -0.39 is 0 Å². The molecule has 0 aliphatic heterocycles. The number of oxazole rings is 1. The van der Waals surface area contributed by atoms with Gasteiger partial charge < -0.3 is 9.15 Å². The van der Waals surface area contributed by atoms with Gasteiger partial charge in [-0.3, -0.25) is 4.90 Å². The first-order valence-corrected chi connectivity index (χ1v) is 10.0. The van der Waals surface area contributed by atoms with Crippen LogP contribution in [-0.4, -0.2) is 28.5 Å². The highest BCUT2D eigenvalue weighted by Gasteiger charge is 2.20. The van der Waals surface area contributed by atoms with E-state index in [-0.39, 0.29) is 6.04 Å². The molecule has 144 valence electrons. The maximum Gasteiger partial charge on any atom is 0.226 e. The molecule has 3 aromatic rings. The van der Waals surface area contributed by atoms with Crippen LogP contribution in [0.5, 0.6) is 5.75 Å². The standard InChI is InChI=1S/C21H27N3O2S/c1-7-25-18-10-8-17(9-11-18)21-23-19(14(3)26-21)12-24(6)13(2)20-15(4)27-16(5)22-20/h8-11,13H,7,12H2,1-6H3. The quantitative estimate of drug-likeness (QED) is 0.551. The summed E-state index contributed by atoms with van der Waals surface area (Å²) in [7, 11) is 2.10. The fourth-order valence-corrected chi connectivity index (χ4v) is 3.98. The molecule has 0 aliphatic carbocycles. The van der Waals surface area contributed by atoms with Crippen LogP contribution in [0.4, 0.5) is 0 Å². The molecular weight excluding hydrogens is 358 g/mol. The molecule has 5 nitrogen and oxygen atoms in total. The number of aryl methyl sites for hydroxylation is 3. The average Bonchev–Trinajstić information content (AvgIpc) is 3.17. The summed E-state index contributed by atoms with van der Waals surface area (Å²) in [5.74, 6) is 2.35. The summed E-state index contributed by atoms with van der Waals surface area (Å²) >= 11 is 1.75. The van der Waals surface area contributed by atoms with Crippen molar-refractivity contribution in [2.75, 3.05) is 13.7 Å². The summed E-state index contributed by atoms with van der Waals surface area (Å²) in [6.45, 7) is 11.7. The van der Waals surface area contributed by atoms with Gasteiger partial charge in [0.25, 0.3) is 0 Å². The van der Waals surface area contributed by atoms with Gasteiger partial charge in [-0.1, -0.05) is 0 Å². The summed E-state index contributed by atoms with van der Waals surface area (Å²) < 4.78 is 11.4. The third-order valence-electron chi connectivity index (χ3n) is 4.70. The van der Waals surface area contributed by atoms with Gasteiger partial charge in [-0.25, -0.2) is 9.97 Å².